The number of hydrogen-bond donors (Lipinski definition) is 1. The van der Waals surface area contributed by atoms with Gasteiger partial charge in [-0.1, -0.05) is 18.2 Å². The molecule has 1 aromatic carbocycles. The van der Waals surface area contributed by atoms with Gasteiger partial charge in [-0.3, -0.25) is 4.79 Å². The molecule has 0 unspecified atom stereocenters. The number of fused-ring (bicyclic) bond motifs is 1. The summed E-state index contributed by atoms with van der Waals surface area (Å²) < 4.78 is 7.28. The zero-order valence-corrected chi connectivity index (χ0v) is 12.3. The summed E-state index contributed by atoms with van der Waals surface area (Å²) in [5.74, 6) is 0.787. The van der Waals surface area contributed by atoms with Crippen molar-refractivity contribution in [3.05, 3.63) is 46.9 Å². The molecule has 0 N–H and O–H groups in total. The van der Waals surface area contributed by atoms with Crippen molar-refractivity contribution in [2.75, 3.05) is 19.0 Å². The van der Waals surface area contributed by atoms with Crippen LogP contribution in [0.4, 0.5) is 0 Å². The minimum Gasteiger partial charge on any atom is -0.381 e. The van der Waals surface area contributed by atoms with Crippen molar-refractivity contribution < 1.29 is 4.74 Å². The maximum atomic E-state index is 12.6. The lowest BCUT2D eigenvalue weighted by atomic mass is 9.82. The topological polar surface area (TPSA) is 31.2 Å². The van der Waals surface area contributed by atoms with Crippen LogP contribution in [0.25, 0.3) is 10.8 Å². The average molecular weight is 289 g/mol. The number of rotatable bonds is 3. The molecule has 4 heteroatoms. The van der Waals surface area contributed by atoms with E-state index in [0.717, 1.165) is 49.1 Å². The van der Waals surface area contributed by atoms with E-state index in [2.05, 4.69) is 12.6 Å². The van der Waals surface area contributed by atoms with Crippen molar-refractivity contribution in [1.29, 1.82) is 0 Å². The van der Waals surface area contributed by atoms with Crippen LogP contribution < -0.4 is 5.56 Å². The largest absolute Gasteiger partial charge is 0.381 e. The Bertz CT molecular complexity index is 659. The quantitative estimate of drug-likeness (QED) is 0.881. The Morgan fingerprint density at radius 3 is 2.70 bits per heavy atom. The molecule has 0 amide bonds. The molecule has 1 fully saturated rings. The molecule has 1 aliphatic rings. The van der Waals surface area contributed by atoms with E-state index in [9.17, 15) is 4.79 Å². The van der Waals surface area contributed by atoms with Gasteiger partial charge in [-0.2, -0.15) is 12.6 Å². The number of benzene rings is 1. The fourth-order valence-electron chi connectivity index (χ4n) is 2.89. The Morgan fingerprint density at radius 2 is 1.95 bits per heavy atom. The van der Waals surface area contributed by atoms with E-state index in [1.165, 1.54) is 0 Å². The van der Waals surface area contributed by atoms with Crippen molar-refractivity contribution in [2.45, 2.75) is 19.4 Å². The summed E-state index contributed by atoms with van der Waals surface area (Å²) in [5, 5.41) is 1.79. The number of pyridine rings is 1. The molecular formula is C16H19NO2S. The highest BCUT2D eigenvalue weighted by atomic mass is 32.1. The first-order valence-corrected chi connectivity index (χ1v) is 7.64. The predicted octanol–water partition coefficient (Wildman–Crippen LogP) is 2.73. The molecule has 0 aliphatic carbocycles. The predicted molar refractivity (Wildman–Crippen MR) is 84.5 cm³/mol. The van der Waals surface area contributed by atoms with Gasteiger partial charge in [0.2, 0.25) is 0 Å². The van der Waals surface area contributed by atoms with Gasteiger partial charge in [0.15, 0.2) is 0 Å². The molecule has 1 aromatic heterocycles. The van der Waals surface area contributed by atoms with Gasteiger partial charge in [-0.05, 0) is 36.1 Å². The zero-order valence-electron chi connectivity index (χ0n) is 11.4. The average Bonchev–Trinajstić information content (AvgIpc) is 2.51. The van der Waals surface area contributed by atoms with Crippen molar-refractivity contribution >= 4 is 23.4 Å². The zero-order chi connectivity index (χ0) is 14.0. The van der Waals surface area contributed by atoms with Gasteiger partial charge in [-0.15, -0.1) is 0 Å². The van der Waals surface area contributed by atoms with Gasteiger partial charge in [0.1, 0.15) is 0 Å². The fourth-order valence-corrected chi connectivity index (χ4v) is 3.30. The normalized spacial score (nSPS) is 18.2. The molecule has 3 rings (SSSR count). The highest BCUT2D eigenvalue weighted by Gasteiger charge is 2.32. The first-order valence-electron chi connectivity index (χ1n) is 7.01. The summed E-state index contributed by atoms with van der Waals surface area (Å²) in [6, 6.07) is 9.76. The van der Waals surface area contributed by atoms with E-state index < -0.39 is 0 Å². The van der Waals surface area contributed by atoms with Crippen LogP contribution in [-0.2, 0) is 11.3 Å². The Balaban J connectivity index is 1.98. The number of hydrogen-bond acceptors (Lipinski definition) is 3. The van der Waals surface area contributed by atoms with E-state index >= 15 is 0 Å². The van der Waals surface area contributed by atoms with Crippen LogP contribution in [0.15, 0.2) is 41.3 Å². The number of ether oxygens (including phenoxy) is 1. The Morgan fingerprint density at radius 1 is 1.20 bits per heavy atom. The van der Waals surface area contributed by atoms with E-state index in [0.29, 0.717) is 0 Å². The van der Waals surface area contributed by atoms with E-state index in [4.69, 9.17) is 4.74 Å². The molecule has 106 valence electrons. The van der Waals surface area contributed by atoms with Gasteiger partial charge < -0.3 is 9.30 Å². The Kier molecular flexibility index (Phi) is 3.85. The van der Waals surface area contributed by atoms with Crippen LogP contribution in [0.2, 0.25) is 0 Å². The first-order chi connectivity index (χ1) is 9.74. The molecule has 0 saturated carbocycles. The van der Waals surface area contributed by atoms with Gasteiger partial charge >= 0.3 is 0 Å². The van der Waals surface area contributed by atoms with Crippen LogP contribution in [-0.4, -0.2) is 23.5 Å². The van der Waals surface area contributed by atoms with Gasteiger partial charge in [0, 0.05) is 36.8 Å². The van der Waals surface area contributed by atoms with E-state index in [1.54, 1.807) is 0 Å². The van der Waals surface area contributed by atoms with Crippen LogP contribution in [0.5, 0.6) is 0 Å². The maximum absolute atomic E-state index is 12.6. The number of nitrogens with zero attached hydrogens (tertiary/aromatic N) is 1. The summed E-state index contributed by atoms with van der Waals surface area (Å²) >= 11 is 4.52. The molecule has 0 radical (unpaired) electrons. The number of aromatic nitrogens is 1. The Hall–Kier alpha value is -1.26. The van der Waals surface area contributed by atoms with E-state index in [1.807, 2.05) is 41.1 Å². The second kappa shape index (κ2) is 5.62. The maximum Gasteiger partial charge on any atom is 0.258 e. The lowest BCUT2D eigenvalue weighted by Gasteiger charge is -2.36. The standard InChI is InChI=1S/C16H19NO2S/c18-15-14-4-2-1-3-13(14)5-8-17(15)11-16(12-20)6-9-19-10-7-16/h1-5,8,20H,6-7,9-12H2. The SMILES string of the molecule is O=c1c2ccccc2ccn1CC1(CS)CCOCC1. The van der Waals surface area contributed by atoms with Crippen LogP contribution in [0.1, 0.15) is 12.8 Å². The minimum atomic E-state index is 0.0770. The third-order valence-corrected chi connectivity index (χ3v) is 4.95. The van der Waals surface area contributed by atoms with Crippen LogP contribution in [0, 0.1) is 5.41 Å². The lowest BCUT2D eigenvalue weighted by Crippen LogP contribution is -2.38. The van der Waals surface area contributed by atoms with Crippen molar-refractivity contribution in [1.82, 2.24) is 4.57 Å². The molecule has 2 heterocycles. The molecule has 0 spiro atoms. The molecule has 0 bridgehead atoms. The van der Waals surface area contributed by atoms with Gasteiger partial charge in [-0.25, -0.2) is 0 Å². The smallest absolute Gasteiger partial charge is 0.258 e. The molecule has 20 heavy (non-hydrogen) atoms. The van der Waals surface area contributed by atoms with Crippen LogP contribution in [0.3, 0.4) is 0 Å². The summed E-state index contributed by atoms with van der Waals surface area (Å²) in [4.78, 5) is 12.6. The number of thiol groups is 1. The van der Waals surface area contributed by atoms with E-state index in [-0.39, 0.29) is 11.0 Å². The van der Waals surface area contributed by atoms with Crippen LogP contribution >= 0.6 is 12.6 Å². The summed E-state index contributed by atoms with van der Waals surface area (Å²) in [7, 11) is 0. The monoisotopic (exact) mass is 289 g/mol. The van der Waals surface area contributed by atoms with Crippen molar-refractivity contribution in [3.63, 3.8) is 0 Å². The minimum absolute atomic E-state index is 0.0770. The lowest BCUT2D eigenvalue weighted by molar-refractivity contribution is 0.0178. The molecule has 2 aromatic rings. The molecular weight excluding hydrogens is 270 g/mol. The van der Waals surface area contributed by atoms with Crippen molar-refractivity contribution in [2.24, 2.45) is 5.41 Å². The third kappa shape index (κ3) is 2.50. The summed E-state index contributed by atoms with van der Waals surface area (Å²) in [6.07, 6.45) is 3.84. The summed E-state index contributed by atoms with van der Waals surface area (Å²) in [6.45, 7) is 2.26. The van der Waals surface area contributed by atoms with Crippen molar-refractivity contribution in [3.8, 4) is 0 Å². The second-order valence-corrected chi connectivity index (χ2v) is 5.92. The highest BCUT2D eigenvalue weighted by molar-refractivity contribution is 7.80. The molecule has 1 saturated heterocycles. The molecule has 0 atom stereocenters. The van der Waals surface area contributed by atoms with Gasteiger partial charge in [0.05, 0.1) is 0 Å². The van der Waals surface area contributed by atoms with Gasteiger partial charge in [0.25, 0.3) is 5.56 Å². The molecule has 1 aliphatic heterocycles. The second-order valence-electron chi connectivity index (χ2n) is 5.61. The highest BCUT2D eigenvalue weighted by Crippen LogP contribution is 2.33. The first kappa shape index (κ1) is 13.7. The molecule has 3 nitrogen and oxygen atoms in total. The fraction of sp³-hybridized carbons (Fsp3) is 0.438. The Labute approximate surface area is 124 Å². The third-order valence-electron chi connectivity index (χ3n) is 4.28. The summed E-state index contributed by atoms with van der Waals surface area (Å²) in [5.41, 5.74) is 0.170.